The maximum Gasteiger partial charge on any atom is 0.123 e. The number of rotatable bonds is 3. The van der Waals surface area contributed by atoms with Crippen molar-refractivity contribution in [2.75, 3.05) is 0 Å². The fourth-order valence-electron chi connectivity index (χ4n) is 2.15. The average Bonchev–Trinajstić information content (AvgIpc) is 2.38. The molecule has 0 atom stereocenters. The predicted octanol–water partition coefficient (Wildman–Crippen LogP) is 4.62. The molecule has 0 aliphatic carbocycles. The number of halogens is 1. The molecule has 0 heterocycles. The van der Waals surface area contributed by atoms with E-state index in [9.17, 15) is 4.39 Å². The van der Waals surface area contributed by atoms with Gasteiger partial charge < -0.3 is 0 Å². The van der Waals surface area contributed by atoms with Crippen LogP contribution < -0.4 is 0 Å². The topological polar surface area (TPSA) is 0 Å². The van der Waals surface area contributed by atoms with Crippen LogP contribution in [0.25, 0.3) is 11.1 Å². The summed E-state index contributed by atoms with van der Waals surface area (Å²) in [4.78, 5) is 0. The van der Waals surface area contributed by atoms with Crippen LogP contribution in [0.1, 0.15) is 25.0 Å². The highest BCUT2D eigenvalue weighted by atomic mass is 19.1. The van der Waals surface area contributed by atoms with Crippen LogP contribution >= 0.6 is 0 Å². The minimum absolute atomic E-state index is 0.180. The van der Waals surface area contributed by atoms with E-state index in [-0.39, 0.29) is 5.82 Å². The normalized spacial score (nSPS) is 10.5. The highest BCUT2D eigenvalue weighted by molar-refractivity contribution is 5.65. The molecule has 0 bridgehead atoms. The Balaban J connectivity index is 2.46. The third-order valence-electron chi connectivity index (χ3n) is 3.13. The van der Waals surface area contributed by atoms with Gasteiger partial charge >= 0.3 is 0 Å². The molecular formula is C16H17F. The third-order valence-corrected chi connectivity index (χ3v) is 3.13. The Morgan fingerprint density at radius 2 is 1.53 bits per heavy atom. The molecule has 0 aliphatic heterocycles. The van der Waals surface area contributed by atoms with E-state index in [1.807, 2.05) is 6.07 Å². The van der Waals surface area contributed by atoms with E-state index in [2.05, 4.69) is 32.0 Å². The van der Waals surface area contributed by atoms with Gasteiger partial charge in [-0.2, -0.15) is 0 Å². The molecule has 88 valence electrons. The Bertz CT molecular complexity index is 515. The van der Waals surface area contributed by atoms with Crippen molar-refractivity contribution in [2.45, 2.75) is 26.7 Å². The van der Waals surface area contributed by atoms with Gasteiger partial charge in [0.25, 0.3) is 0 Å². The predicted molar refractivity (Wildman–Crippen MR) is 70.6 cm³/mol. The summed E-state index contributed by atoms with van der Waals surface area (Å²) in [7, 11) is 0. The number of hydrogen-bond donors (Lipinski definition) is 0. The number of hydrogen-bond acceptors (Lipinski definition) is 0. The number of aryl methyl sites for hydroxylation is 2. The molecule has 0 amide bonds. The van der Waals surface area contributed by atoms with Crippen LogP contribution in [0, 0.1) is 5.82 Å². The van der Waals surface area contributed by atoms with Gasteiger partial charge in [-0.25, -0.2) is 4.39 Å². The van der Waals surface area contributed by atoms with E-state index in [4.69, 9.17) is 0 Å². The van der Waals surface area contributed by atoms with Crippen LogP contribution in [0.15, 0.2) is 42.5 Å². The summed E-state index contributed by atoms with van der Waals surface area (Å²) in [6, 6.07) is 13.2. The summed E-state index contributed by atoms with van der Waals surface area (Å²) >= 11 is 0. The van der Waals surface area contributed by atoms with Crippen molar-refractivity contribution < 1.29 is 4.39 Å². The first-order valence-corrected chi connectivity index (χ1v) is 6.12. The van der Waals surface area contributed by atoms with Gasteiger partial charge in [-0.3, -0.25) is 0 Å². The molecule has 2 rings (SSSR count). The van der Waals surface area contributed by atoms with Crippen molar-refractivity contribution in [1.29, 1.82) is 0 Å². The van der Waals surface area contributed by atoms with Gasteiger partial charge in [-0.05, 0) is 47.2 Å². The third kappa shape index (κ3) is 2.55. The lowest BCUT2D eigenvalue weighted by molar-refractivity contribution is 0.628. The monoisotopic (exact) mass is 228 g/mol. The lowest BCUT2D eigenvalue weighted by atomic mass is 9.96. The second kappa shape index (κ2) is 5.13. The molecule has 0 radical (unpaired) electrons. The lowest BCUT2D eigenvalue weighted by Crippen LogP contribution is -1.91. The fraction of sp³-hybridized carbons (Fsp3) is 0.250. The van der Waals surface area contributed by atoms with Crippen LogP contribution in [0.4, 0.5) is 4.39 Å². The molecule has 0 unspecified atom stereocenters. The SMILES string of the molecule is CCc1ccc(-c2cccc(F)c2)cc1CC. The Morgan fingerprint density at radius 1 is 0.824 bits per heavy atom. The van der Waals surface area contributed by atoms with Gasteiger partial charge in [0.05, 0.1) is 0 Å². The molecule has 0 fully saturated rings. The molecular weight excluding hydrogens is 211 g/mol. The van der Waals surface area contributed by atoms with Crippen LogP contribution in [0.2, 0.25) is 0 Å². The molecule has 0 aromatic heterocycles. The lowest BCUT2D eigenvalue weighted by Gasteiger charge is -2.09. The maximum absolute atomic E-state index is 13.2. The highest BCUT2D eigenvalue weighted by Gasteiger charge is 2.03. The van der Waals surface area contributed by atoms with Crippen LogP contribution in [-0.4, -0.2) is 0 Å². The molecule has 2 aromatic rings. The molecule has 1 heteroatoms. The van der Waals surface area contributed by atoms with E-state index in [1.165, 1.54) is 17.2 Å². The first kappa shape index (κ1) is 11.8. The standard InChI is InChI=1S/C16H17F/c1-3-12-8-9-15(10-13(12)4-2)14-6-5-7-16(17)11-14/h5-11H,3-4H2,1-2H3. The molecule has 2 aromatic carbocycles. The van der Waals surface area contributed by atoms with Crippen molar-refractivity contribution in [2.24, 2.45) is 0 Å². The second-order valence-electron chi connectivity index (χ2n) is 4.20. The Morgan fingerprint density at radius 3 is 2.18 bits per heavy atom. The zero-order chi connectivity index (χ0) is 12.3. The maximum atomic E-state index is 13.2. The zero-order valence-corrected chi connectivity index (χ0v) is 10.3. The van der Waals surface area contributed by atoms with Crippen molar-refractivity contribution in [1.82, 2.24) is 0 Å². The second-order valence-corrected chi connectivity index (χ2v) is 4.20. The minimum atomic E-state index is -0.180. The summed E-state index contributed by atoms with van der Waals surface area (Å²) in [5.41, 5.74) is 4.78. The smallest absolute Gasteiger partial charge is 0.123 e. The largest absolute Gasteiger partial charge is 0.207 e. The van der Waals surface area contributed by atoms with E-state index in [0.29, 0.717) is 0 Å². The van der Waals surface area contributed by atoms with Gasteiger partial charge in [0, 0.05) is 0 Å². The Hall–Kier alpha value is -1.63. The van der Waals surface area contributed by atoms with Crippen LogP contribution in [0.3, 0.4) is 0 Å². The summed E-state index contributed by atoms with van der Waals surface area (Å²) < 4.78 is 13.2. The van der Waals surface area contributed by atoms with Gasteiger partial charge in [-0.15, -0.1) is 0 Å². The molecule has 0 saturated carbocycles. The molecule has 0 saturated heterocycles. The molecule has 0 spiro atoms. The zero-order valence-electron chi connectivity index (χ0n) is 10.3. The van der Waals surface area contributed by atoms with Crippen molar-refractivity contribution in [3.63, 3.8) is 0 Å². The van der Waals surface area contributed by atoms with E-state index >= 15 is 0 Å². The van der Waals surface area contributed by atoms with E-state index < -0.39 is 0 Å². The van der Waals surface area contributed by atoms with Crippen molar-refractivity contribution in [3.05, 3.63) is 59.4 Å². The van der Waals surface area contributed by atoms with Gasteiger partial charge in [0.1, 0.15) is 5.82 Å². The van der Waals surface area contributed by atoms with Crippen molar-refractivity contribution in [3.8, 4) is 11.1 Å². The van der Waals surface area contributed by atoms with Gasteiger partial charge in [0.2, 0.25) is 0 Å². The molecule has 0 nitrogen and oxygen atoms in total. The first-order valence-electron chi connectivity index (χ1n) is 6.12. The van der Waals surface area contributed by atoms with E-state index in [1.54, 1.807) is 12.1 Å². The highest BCUT2D eigenvalue weighted by Crippen LogP contribution is 2.23. The Labute approximate surface area is 102 Å². The Kier molecular flexibility index (Phi) is 3.58. The summed E-state index contributed by atoms with van der Waals surface area (Å²) in [5.74, 6) is -0.180. The number of benzene rings is 2. The molecule has 0 N–H and O–H groups in total. The fourth-order valence-corrected chi connectivity index (χ4v) is 2.15. The van der Waals surface area contributed by atoms with Crippen molar-refractivity contribution >= 4 is 0 Å². The van der Waals surface area contributed by atoms with Gasteiger partial charge in [0.15, 0.2) is 0 Å². The summed E-state index contributed by atoms with van der Waals surface area (Å²) in [6.07, 6.45) is 2.07. The average molecular weight is 228 g/mol. The molecule has 0 aliphatic rings. The van der Waals surface area contributed by atoms with Crippen LogP contribution in [0.5, 0.6) is 0 Å². The minimum Gasteiger partial charge on any atom is -0.207 e. The first-order chi connectivity index (χ1) is 8.24. The van der Waals surface area contributed by atoms with E-state index in [0.717, 1.165) is 24.0 Å². The van der Waals surface area contributed by atoms with Gasteiger partial charge in [-0.1, -0.05) is 44.2 Å². The van der Waals surface area contributed by atoms with Crippen LogP contribution in [-0.2, 0) is 12.8 Å². The summed E-state index contributed by atoms with van der Waals surface area (Å²) in [5, 5.41) is 0. The quantitative estimate of drug-likeness (QED) is 0.719. The molecule has 17 heavy (non-hydrogen) atoms. The summed E-state index contributed by atoms with van der Waals surface area (Å²) in [6.45, 7) is 4.32.